The van der Waals surface area contributed by atoms with Crippen LogP contribution in [0.25, 0.3) is 0 Å². The van der Waals surface area contributed by atoms with Crippen LogP contribution in [0.2, 0.25) is 0 Å². The summed E-state index contributed by atoms with van der Waals surface area (Å²) in [5.74, 6) is 0. The molecule has 2 heteroatoms. The molecule has 0 aliphatic carbocycles. The molecule has 0 aromatic carbocycles. The monoisotopic (exact) mass is 146 g/mol. The van der Waals surface area contributed by atoms with E-state index in [0.717, 1.165) is 17.4 Å². The normalized spacial score (nSPS) is 15.3. The average molecular weight is 146 g/mol. The summed E-state index contributed by atoms with van der Waals surface area (Å²) in [5.41, 5.74) is 0. The number of hydrogen-bond donors (Lipinski definition) is 0. The molecule has 0 radical (unpaired) electrons. The van der Waals surface area contributed by atoms with Crippen LogP contribution >= 0.6 is 0 Å². The zero-order valence-corrected chi connectivity index (χ0v) is 7.85. The second kappa shape index (κ2) is 3.94. The lowest BCUT2D eigenvalue weighted by molar-refractivity contribution is -0.873. The molecule has 0 amide bonds. The van der Waals surface area contributed by atoms with Crippen LogP contribution in [0.4, 0.5) is 0 Å². The van der Waals surface area contributed by atoms with Crippen molar-refractivity contribution in [1.29, 1.82) is 0 Å². The molecule has 0 saturated heterocycles. The van der Waals surface area contributed by atoms with Crippen molar-refractivity contribution < 1.29 is 9.22 Å². The van der Waals surface area contributed by atoms with Gasteiger partial charge < -0.3 is 9.22 Å². The molecule has 0 N–H and O–H groups in total. The van der Waals surface area contributed by atoms with Gasteiger partial charge >= 0.3 is 0 Å². The summed E-state index contributed by atoms with van der Waals surface area (Å²) < 4.78 is 6.24. The van der Waals surface area contributed by atoms with Crippen molar-refractivity contribution in [2.75, 3.05) is 34.8 Å². The number of ether oxygens (including phenoxy) is 1. The summed E-state index contributed by atoms with van der Waals surface area (Å²) in [5, 5.41) is 0. The lowest BCUT2D eigenvalue weighted by Crippen LogP contribution is -2.41. The quantitative estimate of drug-likeness (QED) is 0.540. The molecular formula is C8H20NO+. The van der Waals surface area contributed by atoms with E-state index < -0.39 is 0 Å². The van der Waals surface area contributed by atoms with Crippen LogP contribution in [0, 0.1) is 0 Å². The van der Waals surface area contributed by atoms with E-state index in [-0.39, 0.29) is 0 Å². The van der Waals surface area contributed by atoms with Crippen LogP contribution in [0.3, 0.4) is 0 Å². The summed E-state index contributed by atoms with van der Waals surface area (Å²) in [7, 11) is 8.33. The van der Waals surface area contributed by atoms with Gasteiger partial charge in [0.2, 0.25) is 0 Å². The maximum absolute atomic E-state index is 5.26. The number of nitrogens with zero attached hydrogens (tertiary/aromatic N) is 1. The van der Waals surface area contributed by atoms with Gasteiger partial charge in [-0.1, -0.05) is 6.92 Å². The van der Waals surface area contributed by atoms with Gasteiger partial charge in [0.15, 0.2) is 0 Å². The van der Waals surface area contributed by atoms with E-state index in [1.54, 1.807) is 7.11 Å². The van der Waals surface area contributed by atoms with Gasteiger partial charge in [-0.3, -0.25) is 0 Å². The zero-order valence-electron chi connectivity index (χ0n) is 7.85. The molecule has 10 heavy (non-hydrogen) atoms. The number of rotatable bonds is 4. The van der Waals surface area contributed by atoms with Gasteiger partial charge in [0.05, 0.1) is 21.1 Å². The Balaban J connectivity index is 3.63. The van der Waals surface area contributed by atoms with Gasteiger partial charge in [-0.05, 0) is 6.42 Å². The third-order valence-corrected chi connectivity index (χ3v) is 1.54. The zero-order chi connectivity index (χ0) is 8.20. The highest BCUT2D eigenvalue weighted by Crippen LogP contribution is 2.01. The highest BCUT2D eigenvalue weighted by molar-refractivity contribution is 4.50. The molecule has 0 bridgehead atoms. The van der Waals surface area contributed by atoms with Crippen LogP contribution in [-0.2, 0) is 4.74 Å². The van der Waals surface area contributed by atoms with Crippen LogP contribution in [-0.4, -0.2) is 45.4 Å². The molecular weight excluding hydrogens is 126 g/mol. The van der Waals surface area contributed by atoms with E-state index >= 15 is 0 Å². The molecule has 0 aliphatic heterocycles. The van der Waals surface area contributed by atoms with Crippen LogP contribution < -0.4 is 0 Å². The molecule has 0 heterocycles. The second-order valence-electron chi connectivity index (χ2n) is 3.74. The molecule has 2 nitrogen and oxygen atoms in total. The summed E-state index contributed by atoms with van der Waals surface area (Å²) >= 11 is 0. The topological polar surface area (TPSA) is 9.23 Å². The van der Waals surface area contributed by atoms with Crippen molar-refractivity contribution in [2.24, 2.45) is 0 Å². The summed E-state index contributed by atoms with van der Waals surface area (Å²) in [6, 6.07) is 0. The number of methoxy groups -OCH3 is 1. The SMILES string of the molecule is CCC(C[N+](C)(C)C)OC. The molecule has 0 aliphatic rings. The smallest absolute Gasteiger partial charge is 0.106 e. The van der Waals surface area contributed by atoms with Crippen molar-refractivity contribution in [3.05, 3.63) is 0 Å². The van der Waals surface area contributed by atoms with E-state index in [1.165, 1.54) is 0 Å². The predicted molar refractivity (Wildman–Crippen MR) is 44.0 cm³/mol. The van der Waals surface area contributed by atoms with Gasteiger partial charge in [-0.2, -0.15) is 0 Å². The summed E-state index contributed by atoms with van der Waals surface area (Å²) in [6.07, 6.45) is 1.52. The van der Waals surface area contributed by atoms with Gasteiger partial charge in [-0.15, -0.1) is 0 Å². The Hall–Kier alpha value is -0.0800. The minimum atomic E-state index is 0.417. The Morgan fingerprint density at radius 1 is 1.30 bits per heavy atom. The first-order chi connectivity index (χ1) is 4.49. The second-order valence-corrected chi connectivity index (χ2v) is 3.74. The van der Waals surface area contributed by atoms with Gasteiger partial charge in [0, 0.05) is 7.11 Å². The average Bonchev–Trinajstić information content (AvgIpc) is 1.81. The Morgan fingerprint density at radius 3 is 1.90 bits per heavy atom. The molecule has 0 aromatic heterocycles. The minimum absolute atomic E-state index is 0.417. The minimum Gasteiger partial charge on any atom is -0.376 e. The largest absolute Gasteiger partial charge is 0.376 e. The standard InChI is InChI=1S/C8H20NO/c1-6-8(10-5)7-9(2,3)4/h8H,6-7H2,1-5H3/q+1. The highest BCUT2D eigenvalue weighted by Gasteiger charge is 2.14. The van der Waals surface area contributed by atoms with Crippen LogP contribution in [0.1, 0.15) is 13.3 Å². The fourth-order valence-electron chi connectivity index (χ4n) is 0.981. The molecule has 0 spiro atoms. The lowest BCUT2D eigenvalue weighted by atomic mass is 10.2. The first-order valence-electron chi connectivity index (χ1n) is 3.83. The van der Waals surface area contributed by atoms with E-state index in [2.05, 4.69) is 28.1 Å². The van der Waals surface area contributed by atoms with Gasteiger partial charge in [-0.25, -0.2) is 0 Å². The first-order valence-corrected chi connectivity index (χ1v) is 3.83. The number of quaternary nitrogens is 1. The van der Waals surface area contributed by atoms with E-state index in [1.807, 2.05) is 0 Å². The van der Waals surface area contributed by atoms with Crippen molar-refractivity contribution in [2.45, 2.75) is 19.4 Å². The number of hydrogen-bond acceptors (Lipinski definition) is 1. The third-order valence-electron chi connectivity index (χ3n) is 1.54. The Labute approximate surface area is 64.4 Å². The molecule has 0 rings (SSSR count). The lowest BCUT2D eigenvalue weighted by Gasteiger charge is -2.27. The maximum Gasteiger partial charge on any atom is 0.106 e. The maximum atomic E-state index is 5.26. The highest BCUT2D eigenvalue weighted by atomic mass is 16.5. The Morgan fingerprint density at radius 2 is 1.80 bits per heavy atom. The molecule has 1 atom stereocenters. The Kier molecular flexibility index (Phi) is 3.91. The molecule has 0 aromatic rings. The molecule has 0 fully saturated rings. The van der Waals surface area contributed by atoms with Gasteiger partial charge in [0.25, 0.3) is 0 Å². The predicted octanol–water partition coefficient (Wildman–Crippen LogP) is 1.12. The summed E-state index contributed by atoms with van der Waals surface area (Å²) in [4.78, 5) is 0. The molecule has 1 unspecified atom stereocenters. The molecule has 62 valence electrons. The van der Waals surface area contributed by atoms with Crippen molar-refractivity contribution >= 4 is 0 Å². The fourth-order valence-corrected chi connectivity index (χ4v) is 0.981. The number of likely N-dealkylation sites (N-methyl/N-ethyl adjacent to an activating group) is 1. The summed E-state index contributed by atoms with van der Waals surface area (Å²) in [6.45, 7) is 3.25. The van der Waals surface area contributed by atoms with Crippen molar-refractivity contribution in [1.82, 2.24) is 0 Å². The fraction of sp³-hybridized carbons (Fsp3) is 1.00. The van der Waals surface area contributed by atoms with E-state index in [9.17, 15) is 0 Å². The van der Waals surface area contributed by atoms with Crippen molar-refractivity contribution in [3.8, 4) is 0 Å². The van der Waals surface area contributed by atoms with Crippen LogP contribution in [0.15, 0.2) is 0 Å². The first kappa shape index (κ1) is 9.92. The van der Waals surface area contributed by atoms with Crippen LogP contribution in [0.5, 0.6) is 0 Å². The Bertz CT molecular complexity index is 81.7. The van der Waals surface area contributed by atoms with E-state index in [0.29, 0.717) is 6.10 Å². The van der Waals surface area contributed by atoms with Crippen molar-refractivity contribution in [3.63, 3.8) is 0 Å². The van der Waals surface area contributed by atoms with E-state index in [4.69, 9.17) is 4.74 Å². The van der Waals surface area contributed by atoms with Gasteiger partial charge in [0.1, 0.15) is 12.6 Å². The molecule has 0 saturated carbocycles. The third kappa shape index (κ3) is 4.77.